The molecule has 0 radical (unpaired) electrons. The molecule has 0 saturated carbocycles. The molecule has 2 fully saturated rings. The van der Waals surface area contributed by atoms with Crippen molar-refractivity contribution in [3.05, 3.63) is 107 Å². The predicted octanol–water partition coefficient (Wildman–Crippen LogP) is 5.26. The largest absolute Gasteiger partial charge is 0.368 e. The molecule has 0 amide bonds. The molecule has 6 atom stereocenters. The maximum atomic E-state index is 6.61. The summed E-state index contributed by atoms with van der Waals surface area (Å²) >= 11 is 0. The van der Waals surface area contributed by atoms with Gasteiger partial charge in [0.1, 0.15) is 24.4 Å². The van der Waals surface area contributed by atoms with Crippen LogP contribution in [0.3, 0.4) is 0 Å². The van der Waals surface area contributed by atoms with Crippen molar-refractivity contribution in [2.75, 3.05) is 13.7 Å². The van der Waals surface area contributed by atoms with Crippen LogP contribution in [0.25, 0.3) is 0 Å². The van der Waals surface area contributed by atoms with E-state index in [4.69, 9.17) is 28.4 Å². The molecule has 3 aromatic rings. The lowest BCUT2D eigenvalue weighted by Crippen LogP contribution is -2.63. The third-order valence-corrected chi connectivity index (χ3v) is 6.86. The molecule has 190 valence electrons. The van der Waals surface area contributed by atoms with E-state index in [0.29, 0.717) is 19.8 Å². The minimum atomic E-state index is -0.611. The van der Waals surface area contributed by atoms with Crippen LogP contribution in [0.2, 0.25) is 0 Å². The molecule has 5 rings (SSSR count). The zero-order valence-electron chi connectivity index (χ0n) is 21.0. The highest BCUT2D eigenvalue weighted by Crippen LogP contribution is 2.38. The van der Waals surface area contributed by atoms with Crippen LogP contribution >= 0.6 is 0 Å². The average Bonchev–Trinajstić information content (AvgIpc) is 2.91. The number of rotatable bonds is 8. The summed E-state index contributed by atoms with van der Waals surface area (Å²) in [4.78, 5) is 0. The van der Waals surface area contributed by atoms with Crippen molar-refractivity contribution in [2.45, 2.75) is 64.1 Å². The summed E-state index contributed by atoms with van der Waals surface area (Å²) in [5.41, 5.74) is 5.45. The topological polar surface area (TPSA) is 55.4 Å². The molecule has 6 heteroatoms. The molecule has 2 aliphatic heterocycles. The smallest absolute Gasteiger partial charge is 0.186 e. The van der Waals surface area contributed by atoms with Crippen LogP contribution in [0.1, 0.15) is 34.1 Å². The van der Waals surface area contributed by atoms with Gasteiger partial charge in [-0.05, 0) is 36.1 Å². The van der Waals surface area contributed by atoms with Crippen LogP contribution in [0.15, 0.2) is 78.9 Å². The van der Waals surface area contributed by atoms with E-state index in [9.17, 15) is 0 Å². The maximum Gasteiger partial charge on any atom is 0.186 e. The molecule has 0 N–H and O–H groups in total. The first-order valence-corrected chi connectivity index (χ1v) is 12.5. The van der Waals surface area contributed by atoms with Crippen molar-refractivity contribution in [1.29, 1.82) is 0 Å². The van der Waals surface area contributed by atoms with Gasteiger partial charge in [-0.25, -0.2) is 0 Å². The number of hydrogen-bond acceptors (Lipinski definition) is 6. The van der Waals surface area contributed by atoms with Gasteiger partial charge in [0.25, 0.3) is 0 Å². The molecule has 0 bridgehead atoms. The molecule has 0 spiro atoms. The molecular weight excluding hydrogens is 456 g/mol. The van der Waals surface area contributed by atoms with Crippen LogP contribution in [-0.2, 0) is 41.6 Å². The third-order valence-electron chi connectivity index (χ3n) is 6.86. The van der Waals surface area contributed by atoms with E-state index in [0.717, 1.165) is 27.8 Å². The third kappa shape index (κ3) is 5.54. The van der Waals surface area contributed by atoms with Gasteiger partial charge in [-0.2, -0.15) is 0 Å². The van der Waals surface area contributed by atoms with Crippen molar-refractivity contribution >= 4 is 0 Å². The van der Waals surface area contributed by atoms with Gasteiger partial charge in [-0.1, -0.05) is 78.9 Å². The van der Waals surface area contributed by atoms with Crippen molar-refractivity contribution in [3.63, 3.8) is 0 Å². The average molecular weight is 491 g/mol. The standard InChI is InChI=1S/C30H34O6/c1-20-11-10-12-21(2)25(20)29-34-19-24-26(36-29)27(32-17-22-13-6-4-7-14-22)28(30(31-3)35-24)33-18-23-15-8-5-9-16-23/h4-16,24,26-30H,17-19H2,1-3H3/t24-,26-,27+,28+,29?,30+/m1/s1. The highest BCUT2D eigenvalue weighted by molar-refractivity contribution is 5.34. The number of fused-ring (bicyclic) bond motifs is 1. The van der Waals surface area contributed by atoms with Crippen molar-refractivity contribution in [3.8, 4) is 0 Å². The summed E-state index contributed by atoms with van der Waals surface area (Å²) < 4.78 is 37.8. The Labute approximate surface area is 213 Å². The molecule has 2 saturated heterocycles. The Morgan fingerprint density at radius 3 is 1.89 bits per heavy atom. The zero-order chi connectivity index (χ0) is 24.9. The molecule has 6 nitrogen and oxygen atoms in total. The monoisotopic (exact) mass is 490 g/mol. The van der Waals surface area contributed by atoms with Gasteiger partial charge in [0.15, 0.2) is 12.6 Å². The van der Waals surface area contributed by atoms with Crippen molar-refractivity contribution in [2.24, 2.45) is 0 Å². The Balaban J connectivity index is 1.42. The van der Waals surface area contributed by atoms with E-state index < -0.39 is 30.9 Å². The summed E-state index contributed by atoms with van der Waals surface area (Å²) in [6.07, 6.45) is -2.76. The van der Waals surface area contributed by atoms with E-state index in [1.165, 1.54) is 0 Å². The van der Waals surface area contributed by atoms with E-state index in [2.05, 4.69) is 38.1 Å². The number of aryl methyl sites for hydroxylation is 2. The van der Waals surface area contributed by atoms with Crippen LogP contribution in [-0.4, -0.2) is 44.4 Å². The molecular formula is C30H34O6. The van der Waals surface area contributed by atoms with Crippen LogP contribution < -0.4 is 0 Å². The summed E-state index contributed by atoms with van der Waals surface area (Å²) in [5.74, 6) is 0. The Morgan fingerprint density at radius 1 is 0.722 bits per heavy atom. The maximum absolute atomic E-state index is 6.61. The van der Waals surface area contributed by atoms with E-state index in [1.54, 1.807) is 7.11 Å². The Kier molecular flexibility index (Phi) is 8.12. The van der Waals surface area contributed by atoms with Crippen LogP contribution in [0.5, 0.6) is 0 Å². The Hall–Kier alpha value is -2.58. The highest BCUT2D eigenvalue weighted by atomic mass is 16.8. The summed E-state index contributed by atoms with van der Waals surface area (Å²) in [5, 5.41) is 0. The van der Waals surface area contributed by atoms with Gasteiger partial charge in [0.05, 0.1) is 19.8 Å². The van der Waals surface area contributed by atoms with Crippen LogP contribution in [0, 0.1) is 13.8 Å². The quantitative estimate of drug-likeness (QED) is 0.429. The molecule has 2 aliphatic rings. The number of ether oxygens (including phenoxy) is 6. The van der Waals surface area contributed by atoms with Gasteiger partial charge >= 0.3 is 0 Å². The fourth-order valence-corrected chi connectivity index (χ4v) is 4.98. The second-order valence-corrected chi connectivity index (χ2v) is 9.37. The zero-order valence-corrected chi connectivity index (χ0v) is 21.0. The van der Waals surface area contributed by atoms with Gasteiger partial charge in [-0.15, -0.1) is 0 Å². The first-order chi connectivity index (χ1) is 17.6. The van der Waals surface area contributed by atoms with Gasteiger partial charge in [0.2, 0.25) is 0 Å². The SMILES string of the molecule is CO[C@H]1O[C@@H]2COC(c3c(C)cccc3C)O[C@H]2[C@H](OCc2ccccc2)[C@@H]1OCc1ccccc1. The Bertz CT molecular complexity index is 1080. The summed E-state index contributed by atoms with van der Waals surface area (Å²) in [6.45, 7) is 5.37. The molecule has 0 aliphatic carbocycles. The second kappa shape index (κ2) is 11.6. The number of benzene rings is 3. The van der Waals surface area contributed by atoms with Crippen molar-refractivity contribution in [1.82, 2.24) is 0 Å². The van der Waals surface area contributed by atoms with Gasteiger partial charge in [-0.3, -0.25) is 0 Å². The molecule has 1 unspecified atom stereocenters. The lowest BCUT2D eigenvalue weighted by atomic mass is 9.96. The predicted molar refractivity (Wildman–Crippen MR) is 135 cm³/mol. The molecule has 3 aromatic carbocycles. The van der Waals surface area contributed by atoms with E-state index in [-0.39, 0.29) is 6.10 Å². The first kappa shape index (κ1) is 25.1. The summed E-state index contributed by atoms with van der Waals surface area (Å²) in [6, 6.07) is 26.4. The van der Waals surface area contributed by atoms with E-state index >= 15 is 0 Å². The summed E-state index contributed by atoms with van der Waals surface area (Å²) in [7, 11) is 1.63. The Morgan fingerprint density at radius 2 is 1.31 bits per heavy atom. The highest BCUT2D eigenvalue weighted by Gasteiger charge is 2.51. The fourth-order valence-electron chi connectivity index (χ4n) is 4.98. The lowest BCUT2D eigenvalue weighted by Gasteiger charge is -2.49. The van der Waals surface area contributed by atoms with E-state index in [1.807, 2.05) is 54.6 Å². The normalized spacial score (nSPS) is 28.0. The van der Waals surface area contributed by atoms with Gasteiger partial charge in [0, 0.05) is 12.7 Å². The fraction of sp³-hybridized carbons (Fsp3) is 0.400. The molecule has 2 heterocycles. The van der Waals surface area contributed by atoms with Crippen molar-refractivity contribution < 1.29 is 28.4 Å². The van der Waals surface area contributed by atoms with Gasteiger partial charge < -0.3 is 28.4 Å². The number of methoxy groups -OCH3 is 1. The second-order valence-electron chi connectivity index (χ2n) is 9.37. The molecule has 0 aromatic heterocycles. The lowest BCUT2D eigenvalue weighted by molar-refractivity contribution is -0.369. The minimum Gasteiger partial charge on any atom is -0.368 e. The minimum absolute atomic E-state index is 0.340. The van der Waals surface area contributed by atoms with Crippen LogP contribution in [0.4, 0.5) is 0 Å². The number of hydrogen-bond donors (Lipinski definition) is 0. The molecule has 36 heavy (non-hydrogen) atoms. The first-order valence-electron chi connectivity index (χ1n) is 12.5.